The summed E-state index contributed by atoms with van der Waals surface area (Å²) in [5, 5.41) is 14.4. The molecule has 0 aliphatic carbocycles. The fraction of sp³-hybridized carbons (Fsp3) is 0.400. The fourth-order valence-electron chi connectivity index (χ4n) is 3.02. The van der Waals surface area contributed by atoms with Crippen molar-refractivity contribution in [3.8, 4) is 6.07 Å². The average Bonchev–Trinajstić information content (AvgIpc) is 3.19. The molecule has 1 N–H and O–H groups in total. The molecule has 0 radical (unpaired) electrons. The van der Waals surface area contributed by atoms with Crippen LogP contribution in [0.2, 0.25) is 0 Å². The van der Waals surface area contributed by atoms with E-state index in [-0.39, 0.29) is 0 Å². The van der Waals surface area contributed by atoms with Crippen LogP contribution in [0, 0.1) is 11.3 Å². The molecule has 136 valence electrons. The Bertz CT molecular complexity index is 738. The van der Waals surface area contributed by atoms with Gasteiger partial charge in [0.25, 0.3) is 0 Å². The van der Waals surface area contributed by atoms with Crippen LogP contribution in [0.3, 0.4) is 0 Å². The number of aliphatic imine (C=N–C) groups is 1. The molecule has 26 heavy (non-hydrogen) atoms. The Kier molecular flexibility index (Phi) is 6.64. The number of benzene rings is 1. The van der Waals surface area contributed by atoms with Gasteiger partial charge in [-0.2, -0.15) is 5.26 Å². The molecule has 0 atom stereocenters. The molecule has 1 fully saturated rings. The maximum Gasteiger partial charge on any atom is 0.194 e. The van der Waals surface area contributed by atoms with Gasteiger partial charge in [-0.05, 0) is 36.1 Å². The number of hydrogen-bond acceptors (Lipinski definition) is 4. The lowest BCUT2D eigenvalue weighted by molar-refractivity contribution is 0.173. The minimum atomic E-state index is 0.628. The Balaban J connectivity index is 1.56. The molecule has 5 nitrogen and oxygen atoms in total. The number of nitrogens with one attached hydrogen (secondary N) is 1. The topological polar surface area (TPSA) is 54.7 Å². The van der Waals surface area contributed by atoms with Crippen LogP contribution in [0.15, 0.2) is 46.8 Å². The summed E-state index contributed by atoms with van der Waals surface area (Å²) >= 11 is 1.83. The van der Waals surface area contributed by atoms with Gasteiger partial charge in [0, 0.05) is 44.1 Å². The third kappa shape index (κ3) is 5.07. The summed E-state index contributed by atoms with van der Waals surface area (Å²) in [6, 6.07) is 14.1. The van der Waals surface area contributed by atoms with Gasteiger partial charge in [-0.15, -0.1) is 11.3 Å². The van der Waals surface area contributed by atoms with Crippen LogP contribution in [-0.4, -0.2) is 48.5 Å². The molecule has 6 heteroatoms. The SMILES string of the molecule is CCNC(=NCc1ccc(C#N)cc1)N1CCN(Cc2cccs2)CC1. The third-order valence-corrected chi connectivity index (χ3v) is 5.32. The lowest BCUT2D eigenvalue weighted by Crippen LogP contribution is -2.52. The zero-order valence-corrected chi connectivity index (χ0v) is 16.0. The van der Waals surface area contributed by atoms with Crippen molar-refractivity contribution in [2.75, 3.05) is 32.7 Å². The molecule has 1 saturated heterocycles. The first-order chi connectivity index (χ1) is 12.8. The Morgan fingerprint density at radius 1 is 1.19 bits per heavy atom. The molecule has 2 aromatic rings. The van der Waals surface area contributed by atoms with Crippen molar-refractivity contribution in [2.45, 2.75) is 20.0 Å². The summed E-state index contributed by atoms with van der Waals surface area (Å²) in [5.41, 5.74) is 1.81. The minimum absolute atomic E-state index is 0.628. The van der Waals surface area contributed by atoms with Gasteiger partial charge >= 0.3 is 0 Å². The van der Waals surface area contributed by atoms with Gasteiger partial charge in [-0.3, -0.25) is 4.90 Å². The van der Waals surface area contributed by atoms with Gasteiger partial charge in [0.1, 0.15) is 0 Å². The molecule has 2 heterocycles. The molecule has 0 saturated carbocycles. The van der Waals surface area contributed by atoms with Crippen molar-refractivity contribution < 1.29 is 0 Å². The molecule has 1 aromatic carbocycles. The Morgan fingerprint density at radius 2 is 1.96 bits per heavy atom. The first kappa shape index (κ1) is 18.4. The number of hydrogen-bond donors (Lipinski definition) is 1. The van der Waals surface area contributed by atoms with Crippen molar-refractivity contribution >= 4 is 17.3 Å². The average molecular weight is 368 g/mol. The largest absolute Gasteiger partial charge is 0.357 e. The summed E-state index contributed by atoms with van der Waals surface area (Å²) in [4.78, 5) is 11.1. The minimum Gasteiger partial charge on any atom is -0.357 e. The van der Waals surface area contributed by atoms with E-state index in [1.807, 2.05) is 35.6 Å². The molecular weight excluding hydrogens is 342 g/mol. The van der Waals surface area contributed by atoms with E-state index in [1.54, 1.807) is 0 Å². The second-order valence-electron chi connectivity index (χ2n) is 6.32. The van der Waals surface area contributed by atoms with Crippen LogP contribution in [-0.2, 0) is 13.1 Å². The van der Waals surface area contributed by atoms with Crippen LogP contribution in [0.5, 0.6) is 0 Å². The van der Waals surface area contributed by atoms with E-state index in [9.17, 15) is 0 Å². The van der Waals surface area contributed by atoms with Crippen molar-refractivity contribution in [2.24, 2.45) is 4.99 Å². The Morgan fingerprint density at radius 3 is 2.58 bits per heavy atom. The summed E-state index contributed by atoms with van der Waals surface area (Å²) in [5.74, 6) is 0.979. The van der Waals surface area contributed by atoms with E-state index in [2.05, 4.69) is 45.6 Å². The fourth-order valence-corrected chi connectivity index (χ4v) is 3.76. The van der Waals surface area contributed by atoms with Crippen molar-refractivity contribution in [3.05, 3.63) is 57.8 Å². The maximum absolute atomic E-state index is 8.89. The smallest absolute Gasteiger partial charge is 0.194 e. The zero-order valence-electron chi connectivity index (χ0n) is 15.2. The van der Waals surface area contributed by atoms with Crippen LogP contribution >= 0.6 is 11.3 Å². The van der Waals surface area contributed by atoms with Crippen LogP contribution in [0.25, 0.3) is 0 Å². The highest BCUT2D eigenvalue weighted by atomic mass is 32.1. The van der Waals surface area contributed by atoms with E-state index in [0.717, 1.165) is 50.8 Å². The van der Waals surface area contributed by atoms with Gasteiger partial charge < -0.3 is 10.2 Å². The Hall–Kier alpha value is -2.36. The van der Waals surface area contributed by atoms with Gasteiger partial charge in [-0.25, -0.2) is 4.99 Å². The highest BCUT2D eigenvalue weighted by molar-refractivity contribution is 7.09. The number of nitrogens with zero attached hydrogens (tertiary/aromatic N) is 4. The van der Waals surface area contributed by atoms with Crippen LogP contribution < -0.4 is 5.32 Å². The van der Waals surface area contributed by atoms with E-state index in [4.69, 9.17) is 10.3 Å². The van der Waals surface area contributed by atoms with Crippen LogP contribution in [0.1, 0.15) is 22.9 Å². The molecule has 0 bridgehead atoms. The van der Waals surface area contributed by atoms with E-state index in [1.165, 1.54) is 4.88 Å². The van der Waals surface area contributed by atoms with Gasteiger partial charge in [0.15, 0.2) is 5.96 Å². The van der Waals surface area contributed by atoms with Crippen molar-refractivity contribution in [1.82, 2.24) is 15.1 Å². The van der Waals surface area contributed by atoms with E-state index >= 15 is 0 Å². The second-order valence-corrected chi connectivity index (χ2v) is 7.35. The number of rotatable bonds is 5. The maximum atomic E-state index is 8.89. The van der Waals surface area contributed by atoms with Crippen molar-refractivity contribution in [1.29, 1.82) is 5.26 Å². The summed E-state index contributed by atoms with van der Waals surface area (Å²) in [6.45, 7) is 8.73. The number of nitriles is 1. The van der Waals surface area contributed by atoms with Crippen LogP contribution in [0.4, 0.5) is 0 Å². The number of thiophene rings is 1. The van der Waals surface area contributed by atoms with Gasteiger partial charge in [0.2, 0.25) is 0 Å². The second kappa shape index (κ2) is 9.37. The van der Waals surface area contributed by atoms with Gasteiger partial charge in [-0.1, -0.05) is 18.2 Å². The quantitative estimate of drug-likeness (QED) is 0.652. The summed E-state index contributed by atoms with van der Waals surface area (Å²) < 4.78 is 0. The molecule has 1 aliphatic heterocycles. The standard InChI is InChI=1S/C20H25N5S/c1-2-22-20(23-15-18-7-5-17(14-21)6-8-18)25-11-9-24(10-12-25)16-19-4-3-13-26-19/h3-8,13H,2,9-12,15-16H2,1H3,(H,22,23). The first-order valence-corrected chi connectivity index (χ1v) is 9.93. The molecule has 0 amide bonds. The number of piperazine rings is 1. The van der Waals surface area contributed by atoms with Crippen molar-refractivity contribution in [3.63, 3.8) is 0 Å². The highest BCUT2D eigenvalue weighted by Gasteiger charge is 2.19. The van der Waals surface area contributed by atoms with Gasteiger partial charge in [0.05, 0.1) is 18.2 Å². The van der Waals surface area contributed by atoms with E-state index in [0.29, 0.717) is 12.1 Å². The first-order valence-electron chi connectivity index (χ1n) is 9.05. The third-order valence-electron chi connectivity index (χ3n) is 4.46. The molecule has 1 aromatic heterocycles. The highest BCUT2D eigenvalue weighted by Crippen LogP contribution is 2.14. The summed E-state index contributed by atoms with van der Waals surface area (Å²) in [6.07, 6.45) is 0. The summed E-state index contributed by atoms with van der Waals surface area (Å²) in [7, 11) is 0. The predicted octanol–water partition coefficient (Wildman–Crippen LogP) is 2.90. The Labute approximate surface area is 159 Å². The predicted molar refractivity (Wildman–Crippen MR) is 107 cm³/mol. The molecular formula is C20H25N5S. The number of guanidine groups is 1. The normalized spacial score (nSPS) is 15.7. The monoisotopic (exact) mass is 367 g/mol. The molecule has 3 rings (SSSR count). The van der Waals surface area contributed by atoms with E-state index < -0.39 is 0 Å². The lowest BCUT2D eigenvalue weighted by atomic mass is 10.1. The molecule has 0 spiro atoms. The lowest BCUT2D eigenvalue weighted by Gasteiger charge is -2.36. The molecule has 1 aliphatic rings. The molecule has 0 unspecified atom stereocenters. The zero-order chi connectivity index (χ0) is 18.2.